The molecule has 3 heteroatoms. The zero-order valence-electron chi connectivity index (χ0n) is 10.3. The molecule has 1 saturated heterocycles. The smallest absolute Gasteiger partial charge is 0.129 e. The van der Waals surface area contributed by atoms with Crippen molar-refractivity contribution >= 4 is 5.78 Å². The lowest BCUT2D eigenvalue weighted by molar-refractivity contribution is -0.117. The molecule has 3 nitrogen and oxygen atoms in total. The standard InChI is InChI=1S/C12H24N2O/c1-11(2)14-9-7-13(8-10-14)6-4-5-12(3)15/h11H,4-10H2,1-3H3. The highest BCUT2D eigenvalue weighted by Crippen LogP contribution is 2.06. The van der Waals surface area contributed by atoms with Crippen molar-refractivity contribution < 1.29 is 4.79 Å². The van der Waals surface area contributed by atoms with Crippen LogP contribution in [0.1, 0.15) is 33.6 Å². The average molecular weight is 212 g/mol. The van der Waals surface area contributed by atoms with Crippen LogP contribution in [-0.2, 0) is 4.79 Å². The topological polar surface area (TPSA) is 23.6 Å². The first kappa shape index (κ1) is 12.7. The Morgan fingerprint density at radius 3 is 2.27 bits per heavy atom. The van der Waals surface area contributed by atoms with Crippen molar-refractivity contribution in [1.29, 1.82) is 0 Å². The molecule has 0 spiro atoms. The van der Waals surface area contributed by atoms with E-state index in [1.165, 1.54) is 13.1 Å². The molecule has 0 radical (unpaired) electrons. The lowest BCUT2D eigenvalue weighted by atomic mass is 10.2. The normalized spacial score (nSPS) is 19.7. The Kier molecular flexibility index (Phi) is 5.26. The summed E-state index contributed by atoms with van der Waals surface area (Å²) in [5.41, 5.74) is 0. The number of carbonyl (C=O) groups excluding carboxylic acids is 1. The van der Waals surface area contributed by atoms with E-state index in [9.17, 15) is 4.79 Å². The van der Waals surface area contributed by atoms with Gasteiger partial charge in [-0.15, -0.1) is 0 Å². The van der Waals surface area contributed by atoms with E-state index in [4.69, 9.17) is 0 Å². The van der Waals surface area contributed by atoms with Gasteiger partial charge in [0.05, 0.1) is 0 Å². The molecule has 0 N–H and O–H groups in total. The lowest BCUT2D eigenvalue weighted by Gasteiger charge is -2.36. The van der Waals surface area contributed by atoms with E-state index in [1.54, 1.807) is 6.92 Å². The Bertz CT molecular complexity index is 196. The van der Waals surface area contributed by atoms with E-state index in [1.807, 2.05) is 0 Å². The molecule has 0 amide bonds. The highest BCUT2D eigenvalue weighted by Gasteiger charge is 2.17. The second-order valence-corrected chi connectivity index (χ2v) is 4.78. The van der Waals surface area contributed by atoms with Crippen molar-refractivity contribution in [3.05, 3.63) is 0 Å². The van der Waals surface area contributed by atoms with Crippen molar-refractivity contribution in [2.24, 2.45) is 0 Å². The minimum absolute atomic E-state index is 0.316. The van der Waals surface area contributed by atoms with Crippen molar-refractivity contribution in [3.8, 4) is 0 Å². The van der Waals surface area contributed by atoms with Crippen LogP contribution in [0, 0.1) is 0 Å². The second-order valence-electron chi connectivity index (χ2n) is 4.78. The summed E-state index contributed by atoms with van der Waals surface area (Å²) in [4.78, 5) is 15.8. The highest BCUT2D eigenvalue weighted by atomic mass is 16.1. The van der Waals surface area contributed by atoms with Gasteiger partial charge in [0.2, 0.25) is 0 Å². The van der Waals surface area contributed by atoms with Crippen molar-refractivity contribution in [2.45, 2.75) is 39.7 Å². The maximum absolute atomic E-state index is 10.8. The first-order chi connectivity index (χ1) is 7.09. The molecule has 1 aliphatic heterocycles. The minimum atomic E-state index is 0.316. The van der Waals surface area contributed by atoms with Gasteiger partial charge in [0.15, 0.2) is 0 Å². The Morgan fingerprint density at radius 1 is 1.20 bits per heavy atom. The van der Waals surface area contributed by atoms with Gasteiger partial charge < -0.3 is 9.69 Å². The largest absolute Gasteiger partial charge is 0.301 e. The lowest BCUT2D eigenvalue weighted by Crippen LogP contribution is -2.48. The maximum atomic E-state index is 10.8. The molecule has 1 rings (SSSR count). The molecule has 0 unspecified atom stereocenters. The summed E-state index contributed by atoms with van der Waals surface area (Å²) < 4.78 is 0. The number of ketones is 1. The van der Waals surface area contributed by atoms with Crippen LogP contribution in [0.15, 0.2) is 0 Å². The molecule has 0 aromatic heterocycles. The van der Waals surface area contributed by atoms with E-state index in [0.717, 1.165) is 32.5 Å². The zero-order valence-corrected chi connectivity index (χ0v) is 10.3. The molecule has 0 aromatic rings. The number of Topliss-reactive ketones (excluding diaryl/α,β-unsaturated/α-hetero) is 1. The molecule has 0 aromatic carbocycles. The van der Waals surface area contributed by atoms with Crippen molar-refractivity contribution in [3.63, 3.8) is 0 Å². The van der Waals surface area contributed by atoms with Gasteiger partial charge in [-0.05, 0) is 33.7 Å². The number of rotatable bonds is 5. The number of hydrogen-bond acceptors (Lipinski definition) is 3. The Labute approximate surface area is 93.4 Å². The van der Waals surface area contributed by atoms with Crippen LogP contribution in [0.25, 0.3) is 0 Å². The average Bonchev–Trinajstić information content (AvgIpc) is 2.18. The molecule has 1 heterocycles. The van der Waals surface area contributed by atoms with Gasteiger partial charge in [0.25, 0.3) is 0 Å². The highest BCUT2D eigenvalue weighted by molar-refractivity contribution is 5.75. The van der Waals surface area contributed by atoms with Crippen LogP contribution >= 0.6 is 0 Å². The quantitative estimate of drug-likeness (QED) is 0.688. The van der Waals surface area contributed by atoms with E-state index in [0.29, 0.717) is 11.8 Å². The molecular weight excluding hydrogens is 188 g/mol. The number of hydrogen-bond donors (Lipinski definition) is 0. The van der Waals surface area contributed by atoms with Gasteiger partial charge in [-0.2, -0.15) is 0 Å². The number of nitrogens with zero attached hydrogens (tertiary/aromatic N) is 2. The molecule has 15 heavy (non-hydrogen) atoms. The van der Waals surface area contributed by atoms with Gasteiger partial charge in [-0.1, -0.05) is 0 Å². The van der Waals surface area contributed by atoms with Crippen LogP contribution in [-0.4, -0.2) is 54.3 Å². The van der Waals surface area contributed by atoms with E-state index in [-0.39, 0.29) is 0 Å². The van der Waals surface area contributed by atoms with Gasteiger partial charge >= 0.3 is 0 Å². The molecule has 0 saturated carbocycles. The molecule has 1 fully saturated rings. The zero-order chi connectivity index (χ0) is 11.3. The third-order valence-electron chi connectivity index (χ3n) is 3.14. The summed E-state index contributed by atoms with van der Waals surface area (Å²) >= 11 is 0. The van der Waals surface area contributed by atoms with Gasteiger partial charge in [0.1, 0.15) is 5.78 Å². The van der Waals surface area contributed by atoms with Crippen molar-refractivity contribution in [2.75, 3.05) is 32.7 Å². The minimum Gasteiger partial charge on any atom is -0.301 e. The molecule has 0 aliphatic carbocycles. The summed E-state index contributed by atoms with van der Waals surface area (Å²) in [5.74, 6) is 0.316. The monoisotopic (exact) mass is 212 g/mol. The molecule has 88 valence electrons. The van der Waals surface area contributed by atoms with E-state index >= 15 is 0 Å². The predicted molar refractivity (Wildman–Crippen MR) is 63.1 cm³/mol. The summed E-state index contributed by atoms with van der Waals surface area (Å²) in [7, 11) is 0. The second kappa shape index (κ2) is 6.23. The fourth-order valence-electron chi connectivity index (χ4n) is 2.05. The molecule has 1 aliphatic rings. The summed E-state index contributed by atoms with van der Waals surface area (Å²) in [6.45, 7) is 12.0. The fraction of sp³-hybridized carbons (Fsp3) is 0.917. The Balaban J connectivity index is 2.12. The van der Waals surface area contributed by atoms with Crippen LogP contribution < -0.4 is 0 Å². The molecule has 0 bridgehead atoms. The Hall–Kier alpha value is -0.410. The van der Waals surface area contributed by atoms with E-state index < -0.39 is 0 Å². The number of carbonyl (C=O) groups is 1. The van der Waals surface area contributed by atoms with Crippen molar-refractivity contribution in [1.82, 2.24) is 9.80 Å². The summed E-state index contributed by atoms with van der Waals surface area (Å²) in [6, 6.07) is 0.671. The van der Waals surface area contributed by atoms with Crippen LogP contribution in [0.5, 0.6) is 0 Å². The first-order valence-electron chi connectivity index (χ1n) is 6.05. The van der Waals surface area contributed by atoms with Gasteiger partial charge in [0, 0.05) is 38.6 Å². The number of piperazine rings is 1. The third-order valence-corrected chi connectivity index (χ3v) is 3.14. The fourth-order valence-corrected chi connectivity index (χ4v) is 2.05. The van der Waals surface area contributed by atoms with Crippen LogP contribution in [0.2, 0.25) is 0 Å². The maximum Gasteiger partial charge on any atom is 0.129 e. The van der Waals surface area contributed by atoms with Gasteiger partial charge in [-0.25, -0.2) is 0 Å². The van der Waals surface area contributed by atoms with Crippen LogP contribution in [0.4, 0.5) is 0 Å². The Morgan fingerprint density at radius 2 is 1.80 bits per heavy atom. The SMILES string of the molecule is CC(=O)CCCN1CCN(C(C)C)CC1. The van der Waals surface area contributed by atoms with E-state index in [2.05, 4.69) is 23.6 Å². The first-order valence-corrected chi connectivity index (χ1v) is 6.05. The molecular formula is C12H24N2O. The summed E-state index contributed by atoms with van der Waals surface area (Å²) in [6.07, 6.45) is 1.77. The summed E-state index contributed by atoms with van der Waals surface area (Å²) in [5, 5.41) is 0. The van der Waals surface area contributed by atoms with Crippen LogP contribution in [0.3, 0.4) is 0 Å². The molecule has 0 atom stereocenters. The predicted octanol–water partition coefficient (Wildman–Crippen LogP) is 1.38. The van der Waals surface area contributed by atoms with Gasteiger partial charge in [-0.3, -0.25) is 4.90 Å². The third kappa shape index (κ3) is 4.76.